The standard InChI is InChI=1S/C16H30.C11H17NO4/c1-2-3-12-16(13-8-5-9-14-16)15-10-6-4-7-11-15;1-2-3-4-5-9-15-7-11(6-12,8-16-9)10(13)14/h15H,2-14H2,1H3;9H,2-5,7-8H2,1H3,(H,13,14). The lowest BCUT2D eigenvalue weighted by Gasteiger charge is -2.46. The molecular formula is C27H47NO4. The van der Waals surface area contributed by atoms with Gasteiger partial charge < -0.3 is 14.6 Å². The quantitative estimate of drug-likeness (QED) is 0.375. The molecule has 3 rings (SSSR count). The molecule has 32 heavy (non-hydrogen) atoms. The Hall–Kier alpha value is -1.12. The molecular weight excluding hydrogens is 402 g/mol. The van der Waals surface area contributed by atoms with Gasteiger partial charge in [-0.3, -0.25) is 4.79 Å². The largest absolute Gasteiger partial charge is 0.480 e. The molecule has 0 radical (unpaired) electrons. The van der Waals surface area contributed by atoms with Gasteiger partial charge in [0.05, 0.1) is 19.3 Å². The molecule has 2 aliphatic carbocycles. The van der Waals surface area contributed by atoms with E-state index in [9.17, 15) is 4.79 Å². The fourth-order valence-electron chi connectivity index (χ4n) is 5.89. The maximum atomic E-state index is 10.9. The normalized spacial score (nSPS) is 28.2. The number of rotatable bonds is 9. The maximum Gasteiger partial charge on any atom is 0.328 e. The van der Waals surface area contributed by atoms with Gasteiger partial charge in [0, 0.05) is 0 Å². The van der Waals surface area contributed by atoms with Crippen LogP contribution in [-0.4, -0.2) is 30.6 Å². The maximum absolute atomic E-state index is 10.9. The minimum absolute atomic E-state index is 0.0877. The molecule has 3 aliphatic rings. The van der Waals surface area contributed by atoms with E-state index in [-0.39, 0.29) is 19.5 Å². The summed E-state index contributed by atoms with van der Waals surface area (Å²) in [5, 5.41) is 17.7. The van der Waals surface area contributed by atoms with Crippen molar-refractivity contribution in [2.75, 3.05) is 13.2 Å². The third-order valence-electron chi connectivity index (χ3n) is 8.05. The molecule has 0 unspecified atom stereocenters. The first kappa shape index (κ1) is 27.1. The summed E-state index contributed by atoms with van der Waals surface area (Å²) >= 11 is 0. The fourth-order valence-corrected chi connectivity index (χ4v) is 5.89. The molecule has 1 N–H and O–H groups in total. The Morgan fingerprint density at radius 1 is 0.938 bits per heavy atom. The number of nitriles is 1. The number of aliphatic carboxylic acids is 1. The number of hydrogen-bond donors (Lipinski definition) is 1. The van der Waals surface area contributed by atoms with Gasteiger partial charge in [-0.25, -0.2) is 0 Å². The van der Waals surface area contributed by atoms with Gasteiger partial charge in [0.15, 0.2) is 6.29 Å². The number of ether oxygens (including phenoxy) is 2. The molecule has 1 aliphatic heterocycles. The number of unbranched alkanes of at least 4 members (excludes halogenated alkanes) is 3. The lowest BCUT2D eigenvalue weighted by molar-refractivity contribution is -0.224. The van der Waals surface area contributed by atoms with Gasteiger partial charge in [-0.15, -0.1) is 0 Å². The molecule has 0 atom stereocenters. The van der Waals surface area contributed by atoms with Crippen LogP contribution in [0.4, 0.5) is 0 Å². The van der Waals surface area contributed by atoms with Gasteiger partial charge in [0.25, 0.3) is 0 Å². The molecule has 5 heteroatoms. The fraction of sp³-hybridized carbons (Fsp3) is 0.926. The average molecular weight is 450 g/mol. The zero-order chi connectivity index (χ0) is 23.3. The minimum Gasteiger partial charge on any atom is -0.480 e. The van der Waals surface area contributed by atoms with Crippen molar-refractivity contribution < 1.29 is 19.4 Å². The topological polar surface area (TPSA) is 79.5 Å². The van der Waals surface area contributed by atoms with Crippen LogP contribution in [0.15, 0.2) is 0 Å². The number of carbonyl (C=O) groups is 1. The van der Waals surface area contributed by atoms with Crippen LogP contribution in [0, 0.1) is 28.1 Å². The summed E-state index contributed by atoms with van der Waals surface area (Å²) in [5.41, 5.74) is -0.726. The van der Waals surface area contributed by atoms with Gasteiger partial charge in [-0.1, -0.05) is 78.1 Å². The molecule has 0 aromatic heterocycles. The third kappa shape index (κ3) is 7.73. The van der Waals surface area contributed by atoms with Gasteiger partial charge >= 0.3 is 5.97 Å². The lowest BCUT2D eigenvalue weighted by Crippen LogP contribution is -2.46. The smallest absolute Gasteiger partial charge is 0.328 e. The Labute approximate surface area is 196 Å². The summed E-state index contributed by atoms with van der Waals surface area (Å²) in [6.45, 7) is 4.29. The van der Waals surface area contributed by atoms with Crippen LogP contribution in [0.3, 0.4) is 0 Å². The predicted molar refractivity (Wildman–Crippen MR) is 127 cm³/mol. The van der Waals surface area contributed by atoms with Crippen molar-refractivity contribution in [2.24, 2.45) is 16.7 Å². The van der Waals surface area contributed by atoms with E-state index in [1.54, 1.807) is 38.2 Å². The second-order valence-electron chi connectivity index (χ2n) is 10.4. The SMILES string of the molecule is CCCCC1(C2CCCCC2)CCCCC1.CCCCCC1OCC(C#N)(C(=O)O)CO1. The number of nitrogens with zero attached hydrogens (tertiary/aromatic N) is 1. The van der Waals surface area contributed by atoms with E-state index in [1.807, 2.05) is 0 Å². The van der Waals surface area contributed by atoms with Gasteiger partial charge in [0.1, 0.15) is 0 Å². The predicted octanol–water partition coefficient (Wildman–Crippen LogP) is 7.24. The molecule has 1 heterocycles. The molecule has 1 saturated heterocycles. The summed E-state index contributed by atoms with van der Waals surface area (Å²) in [5.74, 6) is -0.0740. The lowest BCUT2D eigenvalue weighted by atomic mass is 9.60. The van der Waals surface area contributed by atoms with Crippen molar-refractivity contribution in [1.29, 1.82) is 5.26 Å². The molecule has 0 spiro atoms. The van der Waals surface area contributed by atoms with E-state index in [0.29, 0.717) is 0 Å². The second-order valence-corrected chi connectivity index (χ2v) is 10.4. The van der Waals surface area contributed by atoms with E-state index in [2.05, 4.69) is 13.8 Å². The summed E-state index contributed by atoms with van der Waals surface area (Å²) in [6, 6.07) is 1.76. The molecule has 0 aromatic carbocycles. The Bertz CT molecular complexity index is 565. The van der Waals surface area contributed by atoms with Crippen LogP contribution < -0.4 is 0 Å². The summed E-state index contributed by atoms with van der Waals surface area (Å²) in [7, 11) is 0. The Morgan fingerprint density at radius 2 is 1.53 bits per heavy atom. The summed E-state index contributed by atoms with van der Waals surface area (Å²) in [6.07, 6.45) is 23.4. The van der Waals surface area contributed by atoms with Crippen LogP contribution >= 0.6 is 0 Å². The highest BCUT2D eigenvalue weighted by Gasteiger charge is 2.44. The third-order valence-corrected chi connectivity index (χ3v) is 8.05. The molecule has 184 valence electrons. The van der Waals surface area contributed by atoms with Gasteiger partial charge in [-0.05, 0) is 56.3 Å². The Balaban J connectivity index is 0.000000227. The van der Waals surface area contributed by atoms with E-state index < -0.39 is 11.4 Å². The van der Waals surface area contributed by atoms with E-state index in [4.69, 9.17) is 19.8 Å². The molecule has 0 aromatic rings. The first-order valence-electron chi connectivity index (χ1n) is 13.4. The number of carboxylic acid groups (broad SMARTS) is 1. The van der Waals surface area contributed by atoms with Crippen LogP contribution in [0.5, 0.6) is 0 Å². The van der Waals surface area contributed by atoms with Crippen LogP contribution in [-0.2, 0) is 14.3 Å². The van der Waals surface area contributed by atoms with E-state index in [0.717, 1.165) is 37.0 Å². The second kappa shape index (κ2) is 14.2. The molecule has 2 saturated carbocycles. The van der Waals surface area contributed by atoms with Crippen molar-refractivity contribution in [2.45, 2.75) is 129 Å². The molecule has 0 bridgehead atoms. The molecule has 0 amide bonds. The van der Waals surface area contributed by atoms with Crippen LogP contribution in [0.25, 0.3) is 0 Å². The van der Waals surface area contributed by atoms with Gasteiger partial charge in [0.2, 0.25) is 5.41 Å². The van der Waals surface area contributed by atoms with Crippen molar-refractivity contribution in [3.05, 3.63) is 0 Å². The minimum atomic E-state index is -1.53. The highest BCUT2D eigenvalue weighted by molar-refractivity contribution is 5.78. The number of carboxylic acids is 1. The van der Waals surface area contributed by atoms with Crippen LogP contribution in [0.1, 0.15) is 123 Å². The van der Waals surface area contributed by atoms with Crippen molar-refractivity contribution in [1.82, 2.24) is 0 Å². The van der Waals surface area contributed by atoms with Crippen molar-refractivity contribution >= 4 is 5.97 Å². The average Bonchev–Trinajstić information content (AvgIpc) is 2.85. The zero-order valence-corrected chi connectivity index (χ0v) is 20.7. The van der Waals surface area contributed by atoms with Crippen LogP contribution in [0.2, 0.25) is 0 Å². The molecule has 3 fully saturated rings. The highest BCUT2D eigenvalue weighted by Crippen LogP contribution is 2.51. The zero-order valence-electron chi connectivity index (χ0n) is 20.7. The van der Waals surface area contributed by atoms with Gasteiger partial charge in [-0.2, -0.15) is 5.26 Å². The first-order chi connectivity index (χ1) is 15.5. The number of hydrogen-bond acceptors (Lipinski definition) is 4. The summed E-state index contributed by atoms with van der Waals surface area (Å²) < 4.78 is 10.5. The molecule has 5 nitrogen and oxygen atoms in total. The van der Waals surface area contributed by atoms with Crippen molar-refractivity contribution in [3.63, 3.8) is 0 Å². The highest BCUT2D eigenvalue weighted by atomic mass is 16.7. The Kier molecular flexibility index (Phi) is 12.0. The van der Waals surface area contributed by atoms with E-state index >= 15 is 0 Å². The first-order valence-corrected chi connectivity index (χ1v) is 13.4. The summed E-state index contributed by atoms with van der Waals surface area (Å²) in [4.78, 5) is 10.9. The van der Waals surface area contributed by atoms with E-state index in [1.165, 1.54) is 51.4 Å². The monoisotopic (exact) mass is 449 g/mol. The van der Waals surface area contributed by atoms with Crippen molar-refractivity contribution in [3.8, 4) is 6.07 Å². The Morgan fingerprint density at radius 3 is 2.06 bits per heavy atom.